The first-order valence-electron chi connectivity index (χ1n) is 14.7. The number of carbonyl (C=O) groups excluding carboxylic acids is 2. The predicted molar refractivity (Wildman–Crippen MR) is 166 cm³/mol. The third kappa shape index (κ3) is 8.23. The molecule has 0 spiro atoms. The zero-order valence-corrected chi connectivity index (χ0v) is 25.4. The SMILES string of the molecule is CN(C(=O)CC(C)(C)C)C1CCC(CC(=O)Nc2cc(-c3ccccc3)c(-c3ccc(C(C)(C)N)cc3)nn2)CC1. The summed E-state index contributed by atoms with van der Waals surface area (Å²) < 4.78 is 0. The molecule has 7 nitrogen and oxygen atoms in total. The summed E-state index contributed by atoms with van der Waals surface area (Å²) in [6.45, 7) is 10.2. The Morgan fingerprint density at radius 3 is 2.12 bits per heavy atom. The summed E-state index contributed by atoms with van der Waals surface area (Å²) in [5.74, 6) is 0.886. The van der Waals surface area contributed by atoms with Crippen LogP contribution in [0.15, 0.2) is 60.7 Å². The fourth-order valence-electron chi connectivity index (χ4n) is 5.54. The summed E-state index contributed by atoms with van der Waals surface area (Å²) in [6.07, 6.45) is 4.70. The smallest absolute Gasteiger partial charge is 0.225 e. The molecule has 0 unspecified atom stereocenters. The average Bonchev–Trinajstić information content (AvgIpc) is 2.92. The number of rotatable bonds is 8. The van der Waals surface area contributed by atoms with Crippen molar-refractivity contribution in [3.05, 3.63) is 66.2 Å². The Balaban J connectivity index is 1.42. The second-order valence-corrected chi connectivity index (χ2v) is 13.3. The normalized spacial score (nSPS) is 17.6. The van der Waals surface area contributed by atoms with E-state index in [1.165, 1.54) is 0 Å². The van der Waals surface area contributed by atoms with Gasteiger partial charge in [0.1, 0.15) is 5.69 Å². The second-order valence-electron chi connectivity index (χ2n) is 13.3. The van der Waals surface area contributed by atoms with Crippen molar-refractivity contribution in [2.75, 3.05) is 12.4 Å². The number of nitrogens with two attached hydrogens (primary N) is 1. The molecule has 2 amide bonds. The van der Waals surface area contributed by atoms with Crippen molar-refractivity contribution in [2.45, 2.75) is 84.7 Å². The fraction of sp³-hybridized carbons (Fsp3) is 0.471. The molecule has 1 heterocycles. The van der Waals surface area contributed by atoms with Crippen molar-refractivity contribution in [3.63, 3.8) is 0 Å². The minimum Gasteiger partial charge on any atom is -0.343 e. The molecule has 1 saturated carbocycles. The summed E-state index contributed by atoms with van der Waals surface area (Å²) in [6, 6.07) is 20.3. The summed E-state index contributed by atoms with van der Waals surface area (Å²) in [5, 5.41) is 11.9. The van der Waals surface area contributed by atoms with Crippen LogP contribution in [0.3, 0.4) is 0 Å². The topological polar surface area (TPSA) is 101 Å². The van der Waals surface area contributed by atoms with E-state index >= 15 is 0 Å². The van der Waals surface area contributed by atoms with Gasteiger partial charge < -0.3 is 16.0 Å². The second kappa shape index (κ2) is 12.5. The van der Waals surface area contributed by atoms with Crippen LogP contribution in [0, 0.1) is 11.3 Å². The largest absolute Gasteiger partial charge is 0.343 e. The maximum absolute atomic E-state index is 13.0. The average molecular weight is 556 g/mol. The molecular formula is C34H45N5O2. The lowest BCUT2D eigenvalue weighted by molar-refractivity contribution is -0.134. The Hall–Kier alpha value is -3.58. The van der Waals surface area contributed by atoms with E-state index in [9.17, 15) is 9.59 Å². The summed E-state index contributed by atoms with van der Waals surface area (Å²) >= 11 is 0. The molecule has 4 rings (SSSR count). The van der Waals surface area contributed by atoms with Crippen LogP contribution in [-0.4, -0.2) is 40.0 Å². The number of benzene rings is 2. The molecule has 2 aromatic carbocycles. The van der Waals surface area contributed by atoms with Gasteiger partial charge in [0.2, 0.25) is 11.8 Å². The maximum Gasteiger partial charge on any atom is 0.225 e. The van der Waals surface area contributed by atoms with Gasteiger partial charge in [-0.05, 0) is 68.1 Å². The molecule has 0 radical (unpaired) electrons. The van der Waals surface area contributed by atoms with Gasteiger partial charge in [0.05, 0.1) is 0 Å². The summed E-state index contributed by atoms with van der Waals surface area (Å²) in [5.41, 5.74) is 10.4. The number of nitrogens with zero attached hydrogens (tertiary/aromatic N) is 3. The van der Waals surface area contributed by atoms with Crippen LogP contribution in [0.25, 0.3) is 22.4 Å². The van der Waals surface area contributed by atoms with Crippen LogP contribution in [-0.2, 0) is 15.1 Å². The Morgan fingerprint density at radius 2 is 1.54 bits per heavy atom. The first-order chi connectivity index (χ1) is 19.3. The van der Waals surface area contributed by atoms with Crippen molar-refractivity contribution in [1.82, 2.24) is 15.1 Å². The van der Waals surface area contributed by atoms with Gasteiger partial charge in [-0.2, -0.15) is 0 Å². The number of aromatic nitrogens is 2. The number of carbonyl (C=O) groups is 2. The van der Waals surface area contributed by atoms with Gasteiger partial charge in [-0.1, -0.05) is 75.4 Å². The molecular weight excluding hydrogens is 510 g/mol. The van der Waals surface area contributed by atoms with Crippen LogP contribution in [0.1, 0.15) is 78.7 Å². The summed E-state index contributed by atoms with van der Waals surface area (Å²) in [7, 11) is 1.92. The predicted octanol–water partition coefficient (Wildman–Crippen LogP) is 6.79. The molecule has 0 aliphatic heterocycles. The molecule has 0 bridgehead atoms. The highest BCUT2D eigenvalue weighted by Gasteiger charge is 2.29. The standard InChI is InChI=1S/C34H45N5O2/c1-33(2,3)22-31(41)39(6)27-18-12-23(13-19-27)20-30(40)36-29-21-28(24-10-8-7-9-11-24)32(38-37-29)25-14-16-26(17-15-25)34(4,5)35/h7-11,14-17,21,23,27H,12-13,18-20,22,35H2,1-6H3,(H,36,37,40). The van der Waals surface area contributed by atoms with Crippen molar-refractivity contribution in [1.29, 1.82) is 0 Å². The molecule has 3 aromatic rings. The lowest BCUT2D eigenvalue weighted by Crippen LogP contribution is -2.41. The highest BCUT2D eigenvalue weighted by molar-refractivity contribution is 5.91. The lowest BCUT2D eigenvalue weighted by atomic mass is 9.83. The van der Waals surface area contributed by atoms with E-state index in [2.05, 4.69) is 36.3 Å². The molecule has 1 aliphatic carbocycles. The zero-order valence-electron chi connectivity index (χ0n) is 25.4. The van der Waals surface area contributed by atoms with Crippen LogP contribution < -0.4 is 11.1 Å². The van der Waals surface area contributed by atoms with Crippen LogP contribution in [0.5, 0.6) is 0 Å². The van der Waals surface area contributed by atoms with E-state index < -0.39 is 5.54 Å². The molecule has 1 aromatic heterocycles. The number of amides is 2. The number of anilines is 1. The maximum atomic E-state index is 13.0. The first kappa shape index (κ1) is 30.4. The molecule has 1 fully saturated rings. The Labute approximate surface area is 244 Å². The minimum atomic E-state index is -0.431. The van der Waals surface area contributed by atoms with Gasteiger partial charge in [0.15, 0.2) is 5.82 Å². The number of hydrogen-bond acceptors (Lipinski definition) is 5. The zero-order chi connectivity index (χ0) is 29.8. The van der Waals surface area contributed by atoms with E-state index in [1.807, 2.05) is 86.5 Å². The van der Waals surface area contributed by atoms with E-state index in [0.29, 0.717) is 24.6 Å². The highest BCUT2D eigenvalue weighted by Crippen LogP contribution is 2.34. The van der Waals surface area contributed by atoms with E-state index in [-0.39, 0.29) is 23.3 Å². The van der Waals surface area contributed by atoms with Crippen LogP contribution in [0.4, 0.5) is 5.82 Å². The molecule has 218 valence electrons. The van der Waals surface area contributed by atoms with Gasteiger partial charge >= 0.3 is 0 Å². The third-order valence-electron chi connectivity index (χ3n) is 7.96. The van der Waals surface area contributed by atoms with Crippen LogP contribution in [0.2, 0.25) is 0 Å². The van der Waals surface area contributed by atoms with Gasteiger partial charge in [0, 0.05) is 42.6 Å². The number of nitrogens with one attached hydrogen (secondary N) is 1. The lowest BCUT2D eigenvalue weighted by Gasteiger charge is -2.35. The quantitative estimate of drug-likeness (QED) is 0.319. The van der Waals surface area contributed by atoms with Gasteiger partial charge in [-0.25, -0.2) is 0 Å². The van der Waals surface area contributed by atoms with Crippen molar-refractivity contribution >= 4 is 17.6 Å². The molecule has 3 N–H and O–H groups in total. The Kier molecular flexibility index (Phi) is 9.27. The monoisotopic (exact) mass is 555 g/mol. The van der Waals surface area contributed by atoms with Crippen molar-refractivity contribution in [2.24, 2.45) is 17.1 Å². The Bertz CT molecular complexity index is 1330. The molecule has 0 saturated heterocycles. The van der Waals surface area contributed by atoms with Gasteiger partial charge in [-0.3, -0.25) is 9.59 Å². The molecule has 41 heavy (non-hydrogen) atoms. The van der Waals surface area contributed by atoms with E-state index in [0.717, 1.165) is 53.6 Å². The Morgan fingerprint density at radius 1 is 0.902 bits per heavy atom. The van der Waals surface area contributed by atoms with Crippen LogP contribution >= 0.6 is 0 Å². The fourth-order valence-corrected chi connectivity index (χ4v) is 5.54. The molecule has 1 aliphatic rings. The summed E-state index contributed by atoms with van der Waals surface area (Å²) in [4.78, 5) is 27.6. The molecule has 7 heteroatoms. The third-order valence-corrected chi connectivity index (χ3v) is 7.96. The van der Waals surface area contributed by atoms with E-state index in [1.54, 1.807) is 0 Å². The van der Waals surface area contributed by atoms with Gasteiger partial charge in [0.25, 0.3) is 0 Å². The molecule has 0 atom stereocenters. The van der Waals surface area contributed by atoms with Gasteiger partial charge in [-0.15, -0.1) is 10.2 Å². The minimum absolute atomic E-state index is 0.0194. The first-order valence-corrected chi connectivity index (χ1v) is 14.7. The van der Waals surface area contributed by atoms with Crippen molar-refractivity contribution in [3.8, 4) is 22.4 Å². The highest BCUT2D eigenvalue weighted by atomic mass is 16.2. The number of hydrogen-bond donors (Lipinski definition) is 2. The van der Waals surface area contributed by atoms with Crippen molar-refractivity contribution < 1.29 is 9.59 Å². The van der Waals surface area contributed by atoms with E-state index in [4.69, 9.17) is 5.73 Å².